The minimum Gasteiger partial charge on any atom is -0.444 e. The Morgan fingerprint density at radius 2 is 1.57 bits per heavy atom. The van der Waals surface area contributed by atoms with Crippen LogP contribution in [0.1, 0.15) is 83.2 Å². The Kier molecular flexibility index (Phi) is 9.90. The molecule has 0 aliphatic rings. The smallest absolute Gasteiger partial charge is 0.408 e. The highest BCUT2D eigenvalue weighted by atomic mass is 16.6. The van der Waals surface area contributed by atoms with Crippen LogP contribution in [0.3, 0.4) is 0 Å². The van der Waals surface area contributed by atoms with E-state index < -0.39 is 29.3 Å². The van der Waals surface area contributed by atoms with Gasteiger partial charge in [-0.2, -0.15) is 0 Å². The molecule has 0 aliphatic carbocycles. The van der Waals surface area contributed by atoms with Crippen molar-refractivity contribution in [2.45, 2.75) is 98.5 Å². The van der Waals surface area contributed by atoms with E-state index in [1.165, 1.54) is 0 Å². The van der Waals surface area contributed by atoms with Crippen LogP contribution in [0.15, 0.2) is 48.5 Å². The van der Waals surface area contributed by atoms with Crippen molar-refractivity contribution in [2.75, 3.05) is 0 Å². The van der Waals surface area contributed by atoms with E-state index in [9.17, 15) is 14.4 Å². The highest BCUT2D eigenvalue weighted by molar-refractivity contribution is 5.92. The summed E-state index contributed by atoms with van der Waals surface area (Å²) in [6, 6.07) is 13.6. The Hall–Kier alpha value is -3.35. The topological polar surface area (TPSA) is 87.7 Å². The predicted molar refractivity (Wildman–Crippen MR) is 147 cm³/mol. The van der Waals surface area contributed by atoms with Crippen LogP contribution in [0, 0.1) is 13.8 Å². The SMILES string of the molecule is CCC(C)(C)N(C(=O)C(C)NC(=O)OC(C)(C)C)C(C(=O)NCc1ccccc1)c1cccc(C)c1C. The molecule has 7 nitrogen and oxygen atoms in total. The van der Waals surface area contributed by atoms with Gasteiger partial charge in [-0.15, -0.1) is 0 Å². The number of alkyl carbamates (subject to hydrolysis) is 1. The van der Waals surface area contributed by atoms with Gasteiger partial charge in [-0.25, -0.2) is 4.79 Å². The molecular weight excluding hydrogens is 466 g/mol. The van der Waals surface area contributed by atoms with Gasteiger partial charge in [0, 0.05) is 12.1 Å². The quantitative estimate of drug-likeness (QED) is 0.461. The Morgan fingerprint density at radius 1 is 0.946 bits per heavy atom. The molecule has 2 aromatic rings. The van der Waals surface area contributed by atoms with E-state index in [-0.39, 0.29) is 11.8 Å². The highest BCUT2D eigenvalue weighted by Crippen LogP contribution is 2.34. The summed E-state index contributed by atoms with van der Waals surface area (Å²) in [6.07, 6.45) is -0.0787. The van der Waals surface area contributed by atoms with E-state index in [1.54, 1.807) is 32.6 Å². The number of ether oxygens (including phenoxy) is 1. The van der Waals surface area contributed by atoms with Crippen LogP contribution < -0.4 is 10.6 Å². The number of amides is 3. The average molecular weight is 510 g/mol. The fraction of sp³-hybridized carbons (Fsp3) is 0.500. The number of hydrogen-bond donors (Lipinski definition) is 2. The molecule has 2 unspecified atom stereocenters. The molecule has 37 heavy (non-hydrogen) atoms. The van der Waals surface area contributed by atoms with Crippen molar-refractivity contribution in [3.8, 4) is 0 Å². The van der Waals surface area contributed by atoms with Gasteiger partial charge in [0.2, 0.25) is 11.8 Å². The van der Waals surface area contributed by atoms with Gasteiger partial charge in [0.1, 0.15) is 17.7 Å². The lowest BCUT2D eigenvalue weighted by Crippen LogP contribution is -2.58. The number of aryl methyl sites for hydroxylation is 1. The Morgan fingerprint density at radius 3 is 2.14 bits per heavy atom. The molecule has 0 saturated heterocycles. The second-order valence-electron chi connectivity index (χ2n) is 11.1. The molecule has 2 N–H and O–H groups in total. The third-order valence-corrected chi connectivity index (χ3v) is 6.62. The number of nitrogens with zero attached hydrogens (tertiary/aromatic N) is 1. The van der Waals surface area contributed by atoms with Gasteiger partial charge in [0.15, 0.2) is 0 Å². The van der Waals surface area contributed by atoms with E-state index in [1.807, 2.05) is 83.1 Å². The molecule has 3 amide bonds. The van der Waals surface area contributed by atoms with Crippen molar-refractivity contribution in [3.05, 3.63) is 70.8 Å². The summed E-state index contributed by atoms with van der Waals surface area (Å²) < 4.78 is 5.37. The van der Waals surface area contributed by atoms with Gasteiger partial charge < -0.3 is 20.3 Å². The lowest BCUT2D eigenvalue weighted by Gasteiger charge is -2.44. The largest absolute Gasteiger partial charge is 0.444 e. The van der Waals surface area contributed by atoms with Gasteiger partial charge in [0.05, 0.1) is 0 Å². The van der Waals surface area contributed by atoms with Gasteiger partial charge in [-0.1, -0.05) is 55.5 Å². The van der Waals surface area contributed by atoms with E-state index in [0.29, 0.717) is 13.0 Å². The number of benzene rings is 2. The van der Waals surface area contributed by atoms with Crippen LogP contribution in [0.25, 0.3) is 0 Å². The van der Waals surface area contributed by atoms with Crippen molar-refractivity contribution >= 4 is 17.9 Å². The van der Waals surface area contributed by atoms with Crippen LogP contribution in [0.5, 0.6) is 0 Å². The van der Waals surface area contributed by atoms with Crippen molar-refractivity contribution in [3.63, 3.8) is 0 Å². The maximum absolute atomic E-state index is 14.0. The number of nitrogens with one attached hydrogen (secondary N) is 2. The maximum Gasteiger partial charge on any atom is 0.408 e. The minimum absolute atomic E-state index is 0.281. The monoisotopic (exact) mass is 509 g/mol. The second kappa shape index (κ2) is 12.3. The molecule has 2 rings (SSSR count). The molecule has 202 valence electrons. The fourth-order valence-electron chi connectivity index (χ4n) is 4.05. The number of carbonyl (C=O) groups excluding carboxylic acids is 3. The maximum atomic E-state index is 14.0. The lowest BCUT2D eigenvalue weighted by molar-refractivity contribution is -0.149. The van der Waals surface area contributed by atoms with Crippen LogP contribution >= 0.6 is 0 Å². The van der Waals surface area contributed by atoms with Crippen molar-refractivity contribution in [2.24, 2.45) is 0 Å². The summed E-state index contributed by atoms with van der Waals surface area (Å²) in [4.78, 5) is 42.0. The molecule has 0 aliphatic heterocycles. The van der Waals surface area contributed by atoms with Crippen LogP contribution in [0.4, 0.5) is 4.79 Å². The van der Waals surface area contributed by atoms with Crippen LogP contribution in [0.2, 0.25) is 0 Å². The van der Waals surface area contributed by atoms with Gasteiger partial charge in [-0.05, 0) is 84.1 Å². The first kappa shape index (κ1) is 29.9. The number of carbonyl (C=O) groups is 3. The molecule has 2 aromatic carbocycles. The Balaban J connectivity index is 2.52. The first-order valence-electron chi connectivity index (χ1n) is 12.9. The molecule has 0 spiro atoms. The molecule has 0 fully saturated rings. The van der Waals surface area contributed by atoms with Gasteiger partial charge >= 0.3 is 6.09 Å². The molecule has 0 aromatic heterocycles. The molecule has 0 heterocycles. The zero-order valence-corrected chi connectivity index (χ0v) is 23.8. The number of hydrogen-bond acceptors (Lipinski definition) is 4. The first-order valence-corrected chi connectivity index (χ1v) is 12.9. The minimum atomic E-state index is -0.907. The number of rotatable bonds is 9. The molecule has 0 radical (unpaired) electrons. The zero-order valence-electron chi connectivity index (χ0n) is 23.8. The average Bonchev–Trinajstić information content (AvgIpc) is 2.81. The summed E-state index contributed by atoms with van der Waals surface area (Å²) in [7, 11) is 0. The van der Waals surface area contributed by atoms with E-state index in [2.05, 4.69) is 10.6 Å². The van der Waals surface area contributed by atoms with Gasteiger partial charge in [0.25, 0.3) is 0 Å². The van der Waals surface area contributed by atoms with E-state index >= 15 is 0 Å². The first-order chi connectivity index (χ1) is 17.2. The van der Waals surface area contributed by atoms with Crippen molar-refractivity contribution < 1.29 is 19.1 Å². The van der Waals surface area contributed by atoms with E-state index in [0.717, 1.165) is 22.3 Å². The summed E-state index contributed by atoms with van der Waals surface area (Å²) in [5.41, 5.74) is 2.30. The summed E-state index contributed by atoms with van der Waals surface area (Å²) >= 11 is 0. The standard InChI is InChI=1S/C30H43N3O4/c1-10-30(8,9)33(27(35)22(4)32-28(36)37-29(5,6)7)25(24-18-14-15-20(2)21(24)3)26(34)31-19-23-16-12-11-13-17-23/h11-18,22,25H,10,19H2,1-9H3,(H,31,34)(H,32,36). The molecule has 0 bridgehead atoms. The molecular formula is C30H43N3O4. The predicted octanol–water partition coefficient (Wildman–Crippen LogP) is 5.59. The van der Waals surface area contributed by atoms with Crippen LogP contribution in [-0.4, -0.2) is 40.0 Å². The van der Waals surface area contributed by atoms with Crippen molar-refractivity contribution in [1.82, 2.24) is 15.5 Å². The fourth-order valence-corrected chi connectivity index (χ4v) is 4.05. The molecule has 7 heteroatoms. The highest BCUT2D eigenvalue weighted by Gasteiger charge is 2.42. The zero-order chi connectivity index (χ0) is 28.0. The van der Waals surface area contributed by atoms with Gasteiger partial charge in [-0.3, -0.25) is 9.59 Å². The second-order valence-corrected chi connectivity index (χ2v) is 11.1. The Bertz CT molecular complexity index is 1090. The van der Waals surface area contributed by atoms with Crippen molar-refractivity contribution in [1.29, 1.82) is 0 Å². The van der Waals surface area contributed by atoms with E-state index in [4.69, 9.17) is 4.74 Å². The third kappa shape index (κ3) is 8.07. The lowest BCUT2D eigenvalue weighted by atomic mass is 9.89. The molecule has 0 saturated carbocycles. The summed E-state index contributed by atoms with van der Waals surface area (Å²) in [6.45, 7) is 17.1. The Labute approximate surface area is 222 Å². The summed E-state index contributed by atoms with van der Waals surface area (Å²) in [5, 5.41) is 5.70. The third-order valence-electron chi connectivity index (χ3n) is 6.62. The normalized spacial score (nSPS) is 13.3. The van der Waals surface area contributed by atoms with Crippen LogP contribution in [-0.2, 0) is 20.9 Å². The summed E-state index contributed by atoms with van der Waals surface area (Å²) in [5.74, 6) is -0.643. The molecule has 2 atom stereocenters.